The minimum absolute atomic E-state index is 0.340. The van der Waals surface area contributed by atoms with Gasteiger partial charge in [0, 0.05) is 16.3 Å². The fraction of sp³-hybridized carbons (Fsp3) is 0.417. The highest BCUT2D eigenvalue weighted by Gasteiger charge is 2.23. The number of thiazole rings is 1. The summed E-state index contributed by atoms with van der Waals surface area (Å²) in [6, 6.07) is 1.64. The van der Waals surface area contributed by atoms with Crippen LogP contribution in [0.15, 0.2) is 16.3 Å². The Morgan fingerprint density at radius 1 is 1.40 bits per heavy atom. The summed E-state index contributed by atoms with van der Waals surface area (Å²) in [7, 11) is -1.74. The number of anilines is 1. The van der Waals surface area contributed by atoms with Crippen molar-refractivity contribution in [3.63, 3.8) is 0 Å². The average molecular weight is 329 g/mol. The second-order valence-corrected chi connectivity index (χ2v) is 8.32. The lowest BCUT2D eigenvalue weighted by atomic mass is 10.4. The van der Waals surface area contributed by atoms with Gasteiger partial charge < -0.3 is 5.32 Å². The summed E-state index contributed by atoms with van der Waals surface area (Å²) in [5.74, 6) is 0. The molecule has 0 unspecified atom stereocenters. The van der Waals surface area contributed by atoms with Crippen LogP contribution in [-0.2, 0) is 29.4 Å². The molecule has 8 heteroatoms. The van der Waals surface area contributed by atoms with Crippen LogP contribution in [0.25, 0.3) is 0 Å². The van der Waals surface area contributed by atoms with Crippen LogP contribution < -0.4 is 10.0 Å². The summed E-state index contributed by atoms with van der Waals surface area (Å²) in [6.07, 6.45) is 3.09. The zero-order valence-corrected chi connectivity index (χ0v) is 13.4. The second-order valence-electron chi connectivity index (χ2n) is 4.59. The maximum atomic E-state index is 12.4. The van der Waals surface area contributed by atoms with E-state index < -0.39 is 10.0 Å². The zero-order chi connectivity index (χ0) is 14.2. The lowest BCUT2D eigenvalue weighted by molar-refractivity contribution is 0.600. The van der Waals surface area contributed by atoms with E-state index in [2.05, 4.69) is 15.0 Å². The number of hydrogen-bond donors (Lipinski definition) is 2. The maximum Gasteiger partial charge on any atom is 0.264 e. The van der Waals surface area contributed by atoms with Crippen LogP contribution in [0, 0.1) is 0 Å². The molecule has 1 aliphatic rings. The highest BCUT2D eigenvalue weighted by molar-refractivity contribution is 7.93. The van der Waals surface area contributed by atoms with Crippen molar-refractivity contribution in [3.05, 3.63) is 26.9 Å². The quantitative estimate of drug-likeness (QED) is 0.882. The van der Waals surface area contributed by atoms with Gasteiger partial charge in [-0.3, -0.25) is 4.72 Å². The van der Waals surface area contributed by atoms with Crippen molar-refractivity contribution in [2.75, 3.05) is 11.8 Å². The Morgan fingerprint density at radius 3 is 3.00 bits per heavy atom. The van der Waals surface area contributed by atoms with Crippen LogP contribution in [0.3, 0.4) is 0 Å². The number of nitrogens with one attached hydrogen (secondary N) is 2. The van der Waals surface area contributed by atoms with E-state index in [1.54, 1.807) is 18.5 Å². The number of sulfonamides is 1. The lowest BCUT2D eigenvalue weighted by Gasteiger charge is -2.06. The van der Waals surface area contributed by atoms with Gasteiger partial charge in [-0.05, 0) is 37.8 Å². The van der Waals surface area contributed by atoms with E-state index in [-0.39, 0.29) is 0 Å². The Hall–Kier alpha value is -0.960. The van der Waals surface area contributed by atoms with Crippen molar-refractivity contribution >= 4 is 37.8 Å². The van der Waals surface area contributed by atoms with E-state index in [1.807, 2.05) is 0 Å². The number of hydrogen-bond acceptors (Lipinski definition) is 6. The molecular formula is C12H15N3O2S3. The molecule has 108 valence electrons. The van der Waals surface area contributed by atoms with Crippen LogP contribution in [0.5, 0.6) is 0 Å². The van der Waals surface area contributed by atoms with Gasteiger partial charge in [0.25, 0.3) is 10.0 Å². The third kappa shape index (κ3) is 2.60. The van der Waals surface area contributed by atoms with Crippen molar-refractivity contribution in [1.29, 1.82) is 0 Å². The first-order chi connectivity index (χ1) is 9.60. The first-order valence-electron chi connectivity index (χ1n) is 6.32. The molecule has 0 amide bonds. The molecule has 0 bridgehead atoms. The van der Waals surface area contributed by atoms with Gasteiger partial charge in [-0.15, -0.1) is 22.7 Å². The van der Waals surface area contributed by atoms with E-state index in [4.69, 9.17) is 0 Å². The zero-order valence-electron chi connectivity index (χ0n) is 11.0. The summed E-state index contributed by atoms with van der Waals surface area (Å²) in [5, 5.41) is 5.26. The fourth-order valence-corrected chi connectivity index (χ4v) is 6.00. The Bertz CT molecular complexity index is 697. The Morgan fingerprint density at radius 2 is 2.25 bits per heavy atom. The van der Waals surface area contributed by atoms with Crippen molar-refractivity contribution in [2.45, 2.75) is 30.7 Å². The van der Waals surface area contributed by atoms with Crippen molar-refractivity contribution in [3.8, 4) is 0 Å². The summed E-state index contributed by atoms with van der Waals surface area (Å²) >= 11 is 2.89. The second kappa shape index (κ2) is 5.44. The monoisotopic (exact) mass is 329 g/mol. The third-order valence-corrected chi connectivity index (χ3v) is 6.82. The highest BCUT2D eigenvalue weighted by atomic mass is 32.2. The number of thiophene rings is 1. The first kappa shape index (κ1) is 14.0. The van der Waals surface area contributed by atoms with Crippen LogP contribution in [0.4, 0.5) is 5.13 Å². The van der Waals surface area contributed by atoms with Gasteiger partial charge in [0.1, 0.15) is 4.90 Å². The molecule has 2 heterocycles. The van der Waals surface area contributed by atoms with Crippen LogP contribution in [0.2, 0.25) is 0 Å². The molecule has 0 aliphatic heterocycles. The Kier molecular flexibility index (Phi) is 3.80. The van der Waals surface area contributed by atoms with Gasteiger partial charge in [0.05, 0.1) is 5.69 Å². The minimum Gasteiger partial charge on any atom is -0.315 e. The standard InChI is InChI=1S/C12H15N3O2S3/c1-13-7-10-11(5-6-18-10)20(16,17)15-12-14-8-3-2-4-9(8)19-12/h5-6,13H,2-4,7H2,1H3,(H,14,15). The normalized spacial score (nSPS) is 14.4. The fourth-order valence-electron chi connectivity index (χ4n) is 2.26. The number of fused-ring (bicyclic) bond motifs is 1. The van der Waals surface area contributed by atoms with Crippen LogP contribution >= 0.6 is 22.7 Å². The molecule has 2 aromatic rings. The molecule has 0 spiro atoms. The molecule has 5 nitrogen and oxygen atoms in total. The predicted molar refractivity (Wildman–Crippen MR) is 82.0 cm³/mol. The average Bonchev–Trinajstić information content (AvgIpc) is 3.03. The van der Waals surface area contributed by atoms with Crippen LogP contribution in [-0.4, -0.2) is 20.4 Å². The first-order valence-corrected chi connectivity index (χ1v) is 9.50. The smallest absolute Gasteiger partial charge is 0.264 e. The van der Waals surface area contributed by atoms with Gasteiger partial charge >= 0.3 is 0 Å². The molecule has 2 aromatic heterocycles. The number of aromatic nitrogens is 1. The summed E-state index contributed by atoms with van der Waals surface area (Å²) in [6.45, 7) is 0.544. The molecule has 2 N–H and O–H groups in total. The lowest BCUT2D eigenvalue weighted by Crippen LogP contribution is -2.15. The molecule has 20 heavy (non-hydrogen) atoms. The maximum absolute atomic E-state index is 12.4. The molecule has 0 saturated heterocycles. The van der Waals surface area contributed by atoms with Gasteiger partial charge in [0.15, 0.2) is 5.13 Å². The van der Waals surface area contributed by atoms with E-state index in [0.717, 1.165) is 29.8 Å². The van der Waals surface area contributed by atoms with Crippen molar-refractivity contribution in [2.24, 2.45) is 0 Å². The largest absolute Gasteiger partial charge is 0.315 e. The van der Waals surface area contributed by atoms with Crippen molar-refractivity contribution < 1.29 is 8.42 Å². The van der Waals surface area contributed by atoms with E-state index in [0.29, 0.717) is 16.6 Å². The van der Waals surface area contributed by atoms with E-state index in [9.17, 15) is 8.42 Å². The molecule has 0 fully saturated rings. The van der Waals surface area contributed by atoms with Gasteiger partial charge in [0.2, 0.25) is 0 Å². The van der Waals surface area contributed by atoms with Gasteiger partial charge in [-0.25, -0.2) is 13.4 Å². The molecule has 1 aliphatic carbocycles. The SMILES string of the molecule is CNCc1sccc1S(=O)(=O)Nc1nc2c(s1)CCC2. The van der Waals surface area contributed by atoms with Gasteiger partial charge in [-0.2, -0.15) is 0 Å². The Balaban J connectivity index is 1.86. The molecule has 0 aromatic carbocycles. The molecule has 3 rings (SSSR count). The third-order valence-electron chi connectivity index (χ3n) is 3.15. The number of aryl methyl sites for hydroxylation is 2. The Labute approximate surface area is 126 Å². The van der Waals surface area contributed by atoms with Crippen LogP contribution in [0.1, 0.15) is 21.9 Å². The topological polar surface area (TPSA) is 71.1 Å². The highest BCUT2D eigenvalue weighted by Crippen LogP contribution is 2.32. The number of nitrogens with zero attached hydrogens (tertiary/aromatic N) is 1. The molecule has 0 saturated carbocycles. The summed E-state index contributed by atoms with van der Waals surface area (Å²) in [5.41, 5.74) is 1.05. The van der Waals surface area contributed by atoms with Gasteiger partial charge in [-0.1, -0.05) is 0 Å². The van der Waals surface area contributed by atoms with E-state index in [1.165, 1.54) is 27.6 Å². The summed E-state index contributed by atoms with van der Waals surface area (Å²) < 4.78 is 27.4. The molecule has 0 atom stereocenters. The summed E-state index contributed by atoms with van der Waals surface area (Å²) in [4.78, 5) is 6.74. The molecule has 0 radical (unpaired) electrons. The van der Waals surface area contributed by atoms with E-state index >= 15 is 0 Å². The minimum atomic E-state index is -3.54. The molecular weight excluding hydrogens is 314 g/mol. The van der Waals surface area contributed by atoms with Crippen molar-refractivity contribution in [1.82, 2.24) is 10.3 Å². The number of rotatable bonds is 5. The predicted octanol–water partition coefficient (Wildman–Crippen LogP) is 2.21.